The molecule has 1 aromatic carbocycles. The van der Waals surface area contributed by atoms with Crippen molar-refractivity contribution in [1.82, 2.24) is 0 Å². The SMILES string of the molecule is C[C@@H]1O[C@@H](Oc2ccccc2[N+](=O)[O-])[C@H](O)[C@H](O)[C@H]1O. The lowest BCUT2D eigenvalue weighted by molar-refractivity contribution is -0.387. The molecule has 3 N–H and O–H groups in total. The number of aliphatic hydroxyl groups is 3. The van der Waals surface area contributed by atoms with E-state index in [0.717, 1.165) is 0 Å². The second-order valence-electron chi connectivity index (χ2n) is 4.52. The normalized spacial score (nSPS) is 33.7. The third-order valence-corrected chi connectivity index (χ3v) is 3.11. The van der Waals surface area contributed by atoms with Crippen molar-refractivity contribution in [2.75, 3.05) is 0 Å². The Morgan fingerprint density at radius 2 is 1.85 bits per heavy atom. The molecule has 0 saturated carbocycles. The number of benzene rings is 1. The lowest BCUT2D eigenvalue weighted by Gasteiger charge is -2.38. The third kappa shape index (κ3) is 2.73. The van der Waals surface area contributed by atoms with Crippen LogP contribution in [-0.4, -0.2) is 50.9 Å². The standard InChI is InChI=1S/C12H15NO7/c1-6-9(14)10(15)11(16)12(19-6)20-8-5-3-2-4-7(8)13(17)18/h2-6,9-12,14-16H,1H3/t6-,9-,10+,11+,12-/m0/s1. The van der Waals surface area contributed by atoms with Gasteiger partial charge < -0.3 is 24.8 Å². The summed E-state index contributed by atoms with van der Waals surface area (Å²) < 4.78 is 10.5. The summed E-state index contributed by atoms with van der Waals surface area (Å²) in [5, 5.41) is 39.8. The molecule has 0 radical (unpaired) electrons. The molecule has 1 aromatic rings. The number of nitro benzene ring substituents is 1. The zero-order valence-electron chi connectivity index (χ0n) is 10.6. The van der Waals surface area contributed by atoms with E-state index in [1.807, 2.05) is 0 Å². The van der Waals surface area contributed by atoms with Gasteiger partial charge in [0.2, 0.25) is 6.29 Å². The summed E-state index contributed by atoms with van der Waals surface area (Å²) in [4.78, 5) is 10.2. The van der Waals surface area contributed by atoms with Gasteiger partial charge in [-0.1, -0.05) is 12.1 Å². The van der Waals surface area contributed by atoms with Crippen LogP contribution in [-0.2, 0) is 4.74 Å². The number of ether oxygens (including phenoxy) is 2. The molecule has 0 aromatic heterocycles. The van der Waals surface area contributed by atoms with E-state index < -0.39 is 35.6 Å². The minimum Gasteiger partial charge on any atom is -0.455 e. The zero-order valence-corrected chi connectivity index (χ0v) is 10.6. The number of nitro groups is 1. The highest BCUT2D eigenvalue weighted by Gasteiger charge is 2.43. The first-order valence-corrected chi connectivity index (χ1v) is 6.01. The van der Waals surface area contributed by atoms with E-state index in [0.29, 0.717) is 0 Å². The van der Waals surface area contributed by atoms with Crippen LogP contribution in [0.1, 0.15) is 6.92 Å². The van der Waals surface area contributed by atoms with Gasteiger partial charge in [-0.15, -0.1) is 0 Å². The Morgan fingerprint density at radius 3 is 2.50 bits per heavy atom. The zero-order chi connectivity index (χ0) is 14.9. The van der Waals surface area contributed by atoms with Gasteiger partial charge in [-0.25, -0.2) is 0 Å². The number of aliphatic hydroxyl groups excluding tert-OH is 3. The topological polar surface area (TPSA) is 122 Å². The molecule has 0 bridgehead atoms. The van der Waals surface area contributed by atoms with Gasteiger partial charge in [0.25, 0.3) is 0 Å². The van der Waals surface area contributed by atoms with E-state index in [1.54, 1.807) is 0 Å². The monoisotopic (exact) mass is 285 g/mol. The van der Waals surface area contributed by atoms with Gasteiger partial charge in [-0.3, -0.25) is 10.1 Å². The molecule has 1 fully saturated rings. The van der Waals surface area contributed by atoms with Crippen molar-refractivity contribution in [2.45, 2.75) is 37.6 Å². The Labute approximate surface area is 114 Å². The first kappa shape index (κ1) is 14.7. The van der Waals surface area contributed by atoms with Gasteiger partial charge in [0, 0.05) is 6.07 Å². The average molecular weight is 285 g/mol. The highest BCUT2D eigenvalue weighted by atomic mass is 16.7. The van der Waals surface area contributed by atoms with Gasteiger partial charge in [-0.05, 0) is 13.0 Å². The summed E-state index contributed by atoms with van der Waals surface area (Å²) in [6, 6.07) is 5.62. The van der Waals surface area contributed by atoms with E-state index in [2.05, 4.69) is 0 Å². The van der Waals surface area contributed by atoms with E-state index in [4.69, 9.17) is 9.47 Å². The maximum absolute atomic E-state index is 10.9. The number of rotatable bonds is 3. The smallest absolute Gasteiger partial charge is 0.311 e. The first-order chi connectivity index (χ1) is 9.41. The van der Waals surface area contributed by atoms with Crippen molar-refractivity contribution in [1.29, 1.82) is 0 Å². The van der Waals surface area contributed by atoms with Crippen molar-refractivity contribution < 1.29 is 29.7 Å². The molecule has 20 heavy (non-hydrogen) atoms. The molecule has 1 aliphatic rings. The molecule has 110 valence electrons. The van der Waals surface area contributed by atoms with Crippen LogP contribution in [0.25, 0.3) is 0 Å². The molecule has 1 saturated heterocycles. The quantitative estimate of drug-likeness (QED) is 0.519. The van der Waals surface area contributed by atoms with E-state index in [-0.39, 0.29) is 11.4 Å². The predicted molar refractivity (Wildman–Crippen MR) is 66.1 cm³/mol. The van der Waals surface area contributed by atoms with Gasteiger partial charge in [0.1, 0.15) is 18.3 Å². The lowest BCUT2D eigenvalue weighted by Crippen LogP contribution is -2.58. The van der Waals surface area contributed by atoms with Gasteiger partial charge >= 0.3 is 5.69 Å². The fourth-order valence-electron chi connectivity index (χ4n) is 1.94. The van der Waals surface area contributed by atoms with Gasteiger partial charge in [-0.2, -0.15) is 0 Å². The van der Waals surface area contributed by atoms with Crippen molar-refractivity contribution >= 4 is 5.69 Å². The second kappa shape index (κ2) is 5.71. The molecular weight excluding hydrogens is 270 g/mol. The molecule has 0 aliphatic carbocycles. The summed E-state index contributed by atoms with van der Waals surface area (Å²) in [5.41, 5.74) is -0.281. The average Bonchev–Trinajstić information content (AvgIpc) is 2.43. The van der Waals surface area contributed by atoms with Crippen molar-refractivity contribution in [3.05, 3.63) is 34.4 Å². The fourth-order valence-corrected chi connectivity index (χ4v) is 1.94. The summed E-state index contributed by atoms with van der Waals surface area (Å²) in [6.07, 6.45) is -6.30. The Balaban J connectivity index is 2.20. The molecule has 2 rings (SSSR count). The number of hydrogen-bond donors (Lipinski definition) is 3. The van der Waals surface area contributed by atoms with Crippen molar-refractivity contribution in [3.8, 4) is 5.75 Å². The molecule has 0 amide bonds. The van der Waals surface area contributed by atoms with Crippen LogP contribution >= 0.6 is 0 Å². The molecule has 8 nitrogen and oxygen atoms in total. The Morgan fingerprint density at radius 1 is 1.20 bits per heavy atom. The number of nitrogens with zero attached hydrogens (tertiary/aromatic N) is 1. The highest BCUT2D eigenvalue weighted by molar-refractivity contribution is 5.45. The van der Waals surface area contributed by atoms with Crippen LogP contribution in [0.2, 0.25) is 0 Å². The summed E-state index contributed by atoms with van der Waals surface area (Å²) in [6.45, 7) is 1.50. The lowest BCUT2D eigenvalue weighted by atomic mass is 10.00. The Hall–Kier alpha value is -1.74. The minimum absolute atomic E-state index is 0.0858. The van der Waals surface area contributed by atoms with E-state index >= 15 is 0 Å². The van der Waals surface area contributed by atoms with E-state index in [9.17, 15) is 25.4 Å². The van der Waals surface area contributed by atoms with E-state index in [1.165, 1.54) is 31.2 Å². The highest BCUT2D eigenvalue weighted by Crippen LogP contribution is 2.30. The molecule has 8 heteroatoms. The first-order valence-electron chi connectivity index (χ1n) is 6.01. The van der Waals surface area contributed by atoms with Crippen LogP contribution in [0.15, 0.2) is 24.3 Å². The third-order valence-electron chi connectivity index (χ3n) is 3.11. The van der Waals surface area contributed by atoms with Crippen LogP contribution in [0, 0.1) is 10.1 Å². The molecule has 0 unspecified atom stereocenters. The largest absolute Gasteiger partial charge is 0.455 e. The van der Waals surface area contributed by atoms with Crippen molar-refractivity contribution in [3.63, 3.8) is 0 Å². The maximum atomic E-state index is 10.9. The van der Waals surface area contributed by atoms with Crippen LogP contribution < -0.4 is 4.74 Å². The van der Waals surface area contributed by atoms with Gasteiger partial charge in [0.15, 0.2) is 5.75 Å². The Kier molecular flexibility index (Phi) is 4.19. The van der Waals surface area contributed by atoms with Crippen LogP contribution in [0.4, 0.5) is 5.69 Å². The molecule has 1 aliphatic heterocycles. The summed E-state index contributed by atoms with van der Waals surface area (Å²) >= 11 is 0. The maximum Gasteiger partial charge on any atom is 0.311 e. The minimum atomic E-state index is -1.51. The Bertz CT molecular complexity index is 494. The molecule has 0 spiro atoms. The number of para-hydroxylation sites is 2. The van der Waals surface area contributed by atoms with Crippen LogP contribution in [0.3, 0.4) is 0 Å². The molecule has 1 heterocycles. The molecule has 5 atom stereocenters. The number of hydrogen-bond acceptors (Lipinski definition) is 7. The summed E-state index contributed by atoms with van der Waals surface area (Å²) in [5.74, 6) is -0.0858. The second-order valence-corrected chi connectivity index (χ2v) is 4.52. The summed E-state index contributed by atoms with van der Waals surface area (Å²) in [7, 11) is 0. The molecular formula is C12H15NO7. The van der Waals surface area contributed by atoms with Crippen LogP contribution in [0.5, 0.6) is 5.75 Å². The fraction of sp³-hybridized carbons (Fsp3) is 0.500. The predicted octanol–water partition coefficient (Wildman–Crippen LogP) is -0.199. The van der Waals surface area contributed by atoms with Gasteiger partial charge in [0.05, 0.1) is 11.0 Å². The van der Waals surface area contributed by atoms with Crippen molar-refractivity contribution in [2.24, 2.45) is 0 Å².